The average molecular weight is 167 g/mol. The Morgan fingerprint density at radius 1 is 1.33 bits per heavy atom. The van der Waals surface area contributed by atoms with Crippen molar-refractivity contribution in [2.75, 3.05) is 6.54 Å². The fraction of sp³-hybridized carbons (Fsp3) is 0.727. The largest absolute Gasteiger partial charge is 0.382 e. The minimum absolute atomic E-state index is 0.509. The van der Waals surface area contributed by atoms with Crippen LogP contribution in [0.15, 0.2) is 18.0 Å². The van der Waals surface area contributed by atoms with E-state index >= 15 is 0 Å². The lowest BCUT2D eigenvalue weighted by Gasteiger charge is -2.12. The lowest BCUT2D eigenvalue weighted by atomic mass is 10.1. The molecule has 0 fully saturated rings. The molecule has 0 rings (SSSR count). The Balaban J connectivity index is 3.68. The number of nitrogens with one attached hydrogen (secondary N) is 1. The summed E-state index contributed by atoms with van der Waals surface area (Å²) < 4.78 is 0. The molecule has 1 heteroatoms. The van der Waals surface area contributed by atoms with Gasteiger partial charge in [0.05, 0.1) is 5.70 Å². The van der Waals surface area contributed by atoms with Gasteiger partial charge in [0.15, 0.2) is 0 Å². The van der Waals surface area contributed by atoms with E-state index < -0.39 is 0 Å². The molecular formula is C11H21N. The van der Waals surface area contributed by atoms with Crippen LogP contribution in [0.3, 0.4) is 0 Å². The summed E-state index contributed by atoms with van der Waals surface area (Å²) in [5.41, 5.74) is 4.07. The Labute approximate surface area is 76.6 Å². The third-order valence-electron chi connectivity index (χ3n) is 1.80. The summed E-state index contributed by atoms with van der Waals surface area (Å²) in [6.07, 6.45) is 1.21. The summed E-state index contributed by atoms with van der Waals surface area (Å²) in [4.78, 5) is 0. The molecule has 0 unspecified atom stereocenters. The molecule has 0 atom stereocenters. The molecule has 0 aliphatic heterocycles. The van der Waals surface area contributed by atoms with E-state index in [0.29, 0.717) is 5.92 Å². The maximum absolute atomic E-state index is 3.66. The van der Waals surface area contributed by atoms with Gasteiger partial charge >= 0.3 is 0 Å². The lowest BCUT2D eigenvalue weighted by molar-refractivity contribution is 0.544. The first kappa shape index (κ1) is 11.3. The predicted octanol–water partition coefficient (Wildman–Crippen LogP) is 2.95. The summed E-state index contributed by atoms with van der Waals surface area (Å²) in [6, 6.07) is 0. The molecule has 0 amide bonds. The van der Waals surface area contributed by atoms with Gasteiger partial charge in [-0.1, -0.05) is 34.3 Å². The molecule has 0 aromatic carbocycles. The zero-order valence-corrected chi connectivity index (χ0v) is 8.78. The van der Waals surface area contributed by atoms with Gasteiger partial charge in [0, 0.05) is 12.5 Å². The number of hydrogen-bond acceptors (Lipinski definition) is 1. The molecule has 12 heavy (non-hydrogen) atoms. The summed E-state index contributed by atoms with van der Waals surface area (Å²) in [5.74, 6) is 1.27. The molecule has 70 valence electrons. The van der Waals surface area contributed by atoms with Crippen LogP contribution in [0, 0.1) is 11.8 Å². The van der Waals surface area contributed by atoms with Crippen LogP contribution in [0.2, 0.25) is 0 Å². The van der Waals surface area contributed by atoms with Gasteiger partial charge in [-0.05, 0) is 12.3 Å². The first-order valence-electron chi connectivity index (χ1n) is 4.71. The van der Waals surface area contributed by atoms with Gasteiger partial charge < -0.3 is 5.32 Å². The monoisotopic (exact) mass is 167 g/mol. The molecule has 0 radical (unpaired) electrons. The van der Waals surface area contributed by atoms with Crippen molar-refractivity contribution in [3.05, 3.63) is 18.0 Å². The summed E-state index contributed by atoms with van der Waals surface area (Å²) in [6.45, 7) is 13.4. The highest BCUT2D eigenvalue weighted by atomic mass is 14.9. The minimum atomic E-state index is 0.509. The maximum Gasteiger partial charge on any atom is 0.0557 e. The first-order chi connectivity index (χ1) is 5.57. The SMILES string of the molecule is C=C=C(NCCC(C)C)C(C)C. The lowest BCUT2D eigenvalue weighted by Crippen LogP contribution is -2.19. The highest BCUT2D eigenvalue weighted by Gasteiger charge is 2.00. The van der Waals surface area contributed by atoms with Crippen molar-refractivity contribution < 1.29 is 0 Å². The normalized spacial score (nSPS) is 10.2. The fourth-order valence-corrected chi connectivity index (χ4v) is 0.966. The molecule has 0 heterocycles. The van der Waals surface area contributed by atoms with E-state index in [1.165, 1.54) is 6.42 Å². The van der Waals surface area contributed by atoms with E-state index in [4.69, 9.17) is 0 Å². The van der Waals surface area contributed by atoms with Crippen LogP contribution in [-0.2, 0) is 0 Å². The Morgan fingerprint density at radius 2 is 1.92 bits per heavy atom. The Morgan fingerprint density at radius 3 is 2.25 bits per heavy atom. The van der Waals surface area contributed by atoms with Crippen LogP contribution in [0.5, 0.6) is 0 Å². The van der Waals surface area contributed by atoms with Gasteiger partial charge in [-0.15, -0.1) is 5.73 Å². The van der Waals surface area contributed by atoms with E-state index in [9.17, 15) is 0 Å². The van der Waals surface area contributed by atoms with E-state index in [1.807, 2.05) is 0 Å². The van der Waals surface area contributed by atoms with E-state index in [2.05, 4.69) is 45.3 Å². The van der Waals surface area contributed by atoms with Crippen molar-refractivity contribution in [2.24, 2.45) is 11.8 Å². The molecule has 0 spiro atoms. The molecule has 0 aliphatic rings. The Bertz CT molecular complexity index is 162. The highest BCUT2D eigenvalue weighted by molar-refractivity contribution is 4.99. The Hall–Kier alpha value is -0.680. The number of allylic oxidation sites excluding steroid dienone is 1. The smallest absolute Gasteiger partial charge is 0.0557 e. The first-order valence-corrected chi connectivity index (χ1v) is 4.71. The van der Waals surface area contributed by atoms with Crippen LogP contribution in [0.4, 0.5) is 0 Å². The molecule has 0 aromatic heterocycles. The second-order valence-electron chi connectivity index (χ2n) is 3.85. The van der Waals surface area contributed by atoms with Crippen LogP contribution in [0.1, 0.15) is 34.1 Å². The van der Waals surface area contributed by atoms with Gasteiger partial charge in [-0.25, -0.2) is 0 Å². The summed E-state index contributed by atoms with van der Waals surface area (Å²) in [7, 11) is 0. The zero-order chi connectivity index (χ0) is 9.56. The van der Waals surface area contributed by atoms with Crippen LogP contribution >= 0.6 is 0 Å². The van der Waals surface area contributed by atoms with Gasteiger partial charge in [-0.2, -0.15) is 0 Å². The van der Waals surface area contributed by atoms with Crippen molar-refractivity contribution in [3.8, 4) is 0 Å². The average Bonchev–Trinajstić information content (AvgIpc) is 1.96. The number of hydrogen-bond donors (Lipinski definition) is 1. The summed E-state index contributed by atoms with van der Waals surface area (Å²) >= 11 is 0. The van der Waals surface area contributed by atoms with E-state index in [-0.39, 0.29) is 0 Å². The molecule has 1 nitrogen and oxygen atoms in total. The van der Waals surface area contributed by atoms with Gasteiger partial charge in [0.25, 0.3) is 0 Å². The van der Waals surface area contributed by atoms with Crippen molar-refractivity contribution in [1.29, 1.82) is 0 Å². The van der Waals surface area contributed by atoms with Gasteiger partial charge in [0.2, 0.25) is 0 Å². The summed E-state index contributed by atoms with van der Waals surface area (Å²) in [5, 5.41) is 3.34. The van der Waals surface area contributed by atoms with Gasteiger partial charge in [-0.3, -0.25) is 0 Å². The second kappa shape index (κ2) is 5.91. The van der Waals surface area contributed by atoms with Crippen LogP contribution < -0.4 is 5.32 Å². The fourth-order valence-electron chi connectivity index (χ4n) is 0.966. The van der Waals surface area contributed by atoms with Crippen LogP contribution in [0.25, 0.3) is 0 Å². The molecule has 0 saturated carbocycles. The molecule has 0 aliphatic carbocycles. The topological polar surface area (TPSA) is 12.0 Å². The zero-order valence-electron chi connectivity index (χ0n) is 8.78. The quantitative estimate of drug-likeness (QED) is 0.621. The standard InChI is InChI=1S/C11H21N/c1-6-11(10(4)5)12-8-7-9(2)3/h9-10,12H,1,7-8H2,2-5H3. The third-order valence-corrected chi connectivity index (χ3v) is 1.80. The highest BCUT2D eigenvalue weighted by Crippen LogP contribution is 2.04. The Kier molecular flexibility index (Phi) is 5.57. The number of rotatable bonds is 5. The van der Waals surface area contributed by atoms with Gasteiger partial charge in [0.1, 0.15) is 0 Å². The maximum atomic E-state index is 3.66. The van der Waals surface area contributed by atoms with Crippen molar-refractivity contribution in [2.45, 2.75) is 34.1 Å². The predicted molar refractivity (Wildman–Crippen MR) is 54.9 cm³/mol. The van der Waals surface area contributed by atoms with E-state index in [1.54, 1.807) is 0 Å². The molecule has 1 N–H and O–H groups in total. The molecule has 0 saturated heterocycles. The van der Waals surface area contributed by atoms with E-state index in [0.717, 1.165) is 18.2 Å². The molecular weight excluding hydrogens is 146 g/mol. The third kappa shape index (κ3) is 5.03. The van der Waals surface area contributed by atoms with Crippen molar-refractivity contribution >= 4 is 0 Å². The van der Waals surface area contributed by atoms with Crippen molar-refractivity contribution in [1.82, 2.24) is 5.32 Å². The second-order valence-corrected chi connectivity index (χ2v) is 3.85. The van der Waals surface area contributed by atoms with Crippen LogP contribution in [-0.4, -0.2) is 6.54 Å². The molecule has 0 bridgehead atoms. The molecule has 0 aromatic rings. The minimum Gasteiger partial charge on any atom is -0.382 e. The van der Waals surface area contributed by atoms with Crippen molar-refractivity contribution in [3.63, 3.8) is 0 Å².